The fourth-order valence-electron chi connectivity index (χ4n) is 4.18. The van der Waals surface area contributed by atoms with Crippen molar-refractivity contribution in [1.82, 2.24) is 0 Å². The van der Waals surface area contributed by atoms with Gasteiger partial charge in [-0.1, -0.05) is 35.9 Å². The molecule has 1 heteroatoms. The molecule has 108 valence electrons. The summed E-state index contributed by atoms with van der Waals surface area (Å²) in [6.45, 7) is 0. The molecule has 0 heterocycles. The highest BCUT2D eigenvalue weighted by Crippen LogP contribution is 2.44. The van der Waals surface area contributed by atoms with Crippen LogP contribution in [0.1, 0.15) is 50.0 Å². The molecule has 0 spiro atoms. The number of hydrogen-bond donors (Lipinski definition) is 1. The molecule has 0 aliphatic heterocycles. The average Bonchev–Trinajstić information content (AvgIpc) is 2.54. The molecule has 0 aromatic heterocycles. The maximum absolute atomic E-state index is 10.1. The Morgan fingerprint density at radius 1 is 0.952 bits per heavy atom. The van der Waals surface area contributed by atoms with Gasteiger partial charge in [0, 0.05) is 5.39 Å². The van der Waals surface area contributed by atoms with Crippen LogP contribution in [-0.4, -0.2) is 5.11 Å². The number of phenols is 1. The predicted molar refractivity (Wildman–Crippen MR) is 87.6 cm³/mol. The Labute approximate surface area is 126 Å². The lowest BCUT2D eigenvalue weighted by atomic mass is 9.71. The Balaban J connectivity index is 1.67. The van der Waals surface area contributed by atoms with Crippen molar-refractivity contribution in [3.8, 4) is 5.75 Å². The lowest BCUT2D eigenvalue weighted by Gasteiger charge is -2.34. The lowest BCUT2D eigenvalue weighted by molar-refractivity contribution is 0.373. The van der Waals surface area contributed by atoms with E-state index in [-0.39, 0.29) is 0 Å². The van der Waals surface area contributed by atoms with Gasteiger partial charge in [0.25, 0.3) is 0 Å². The highest BCUT2D eigenvalue weighted by molar-refractivity contribution is 5.88. The van der Waals surface area contributed by atoms with Crippen molar-refractivity contribution >= 4 is 10.8 Å². The molecule has 2 aromatic rings. The topological polar surface area (TPSA) is 20.2 Å². The van der Waals surface area contributed by atoms with Crippen molar-refractivity contribution in [2.45, 2.75) is 44.4 Å². The molecule has 1 saturated carbocycles. The summed E-state index contributed by atoms with van der Waals surface area (Å²) in [6.07, 6.45) is 10.4. The summed E-state index contributed by atoms with van der Waals surface area (Å²) in [5.74, 6) is 1.90. The van der Waals surface area contributed by atoms with Crippen molar-refractivity contribution in [2.24, 2.45) is 5.92 Å². The summed E-state index contributed by atoms with van der Waals surface area (Å²) in [5, 5.41) is 12.2. The van der Waals surface area contributed by atoms with Gasteiger partial charge in [-0.2, -0.15) is 0 Å². The van der Waals surface area contributed by atoms with E-state index in [4.69, 9.17) is 0 Å². The van der Waals surface area contributed by atoms with Crippen molar-refractivity contribution in [2.75, 3.05) is 0 Å². The van der Waals surface area contributed by atoms with Gasteiger partial charge in [-0.3, -0.25) is 0 Å². The molecule has 2 aliphatic carbocycles. The standard InChI is InChI=1S/C20H22O/c21-20-7-3-6-15-9-11-18(13-19(15)20)17-10-8-14-4-1-2-5-16(14)12-17/h3,5-7,9,11,13-14,17,21H,1-2,4,8,10,12H2. The van der Waals surface area contributed by atoms with Crippen LogP contribution in [0.4, 0.5) is 0 Å². The molecule has 0 radical (unpaired) electrons. The summed E-state index contributed by atoms with van der Waals surface area (Å²) in [7, 11) is 0. The minimum absolute atomic E-state index is 0.403. The molecule has 0 bridgehead atoms. The average molecular weight is 278 g/mol. The first kappa shape index (κ1) is 12.9. The number of fused-ring (bicyclic) bond motifs is 2. The Bertz CT molecular complexity index is 698. The Hall–Kier alpha value is -1.76. The third kappa shape index (κ3) is 2.35. The van der Waals surface area contributed by atoms with Crippen molar-refractivity contribution in [3.63, 3.8) is 0 Å². The maximum Gasteiger partial charge on any atom is 0.123 e. The third-order valence-electron chi connectivity index (χ3n) is 5.39. The van der Waals surface area contributed by atoms with Gasteiger partial charge >= 0.3 is 0 Å². The van der Waals surface area contributed by atoms with E-state index in [0.29, 0.717) is 11.7 Å². The van der Waals surface area contributed by atoms with Crippen LogP contribution in [0.25, 0.3) is 10.8 Å². The summed E-state index contributed by atoms with van der Waals surface area (Å²) >= 11 is 0. The minimum atomic E-state index is 0.403. The van der Waals surface area contributed by atoms with Gasteiger partial charge in [0.15, 0.2) is 0 Å². The first-order valence-corrected chi connectivity index (χ1v) is 8.22. The van der Waals surface area contributed by atoms with Crippen LogP contribution in [0.2, 0.25) is 0 Å². The quantitative estimate of drug-likeness (QED) is 0.679. The molecule has 21 heavy (non-hydrogen) atoms. The van der Waals surface area contributed by atoms with E-state index in [1.165, 1.54) is 44.1 Å². The summed E-state index contributed by atoms with van der Waals surface area (Å²) < 4.78 is 0. The van der Waals surface area contributed by atoms with Crippen molar-refractivity contribution in [3.05, 3.63) is 53.6 Å². The zero-order chi connectivity index (χ0) is 14.2. The first-order chi connectivity index (χ1) is 10.3. The van der Waals surface area contributed by atoms with Crippen LogP contribution in [0, 0.1) is 5.92 Å². The van der Waals surface area contributed by atoms with Crippen LogP contribution in [0.5, 0.6) is 5.75 Å². The zero-order valence-corrected chi connectivity index (χ0v) is 12.4. The van der Waals surface area contributed by atoms with E-state index in [2.05, 4.69) is 30.3 Å². The second kappa shape index (κ2) is 5.22. The molecule has 1 fully saturated rings. The molecular formula is C20H22O. The summed E-state index contributed by atoms with van der Waals surface area (Å²) in [5.41, 5.74) is 3.10. The summed E-state index contributed by atoms with van der Waals surface area (Å²) in [6, 6.07) is 12.4. The van der Waals surface area contributed by atoms with E-state index < -0.39 is 0 Å². The number of phenolic OH excluding ortho intramolecular Hbond substituents is 1. The number of rotatable bonds is 1. The Kier molecular flexibility index (Phi) is 3.21. The van der Waals surface area contributed by atoms with Gasteiger partial charge in [0.05, 0.1) is 0 Å². The minimum Gasteiger partial charge on any atom is -0.507 e. The lowest BCUT2D eigenvalue weighted by Crippen LogP contribution is -2.18. The molecule has 4 rings (SSSR count). The molecular weight excluding hydrogens is 256 g/mol. The number of benzene rings is 2. The number of aromatic hydroxyl groups is 1. The number of allylic oxidation sites excluding steroid dienone is 2. The van der Waals surface area contributed by atoms with E-state index in [9.17, 15) is 5.11 Å². The second-order valence-electron chi connectivity index (χ2n) is 6.64. The fourth-order valence-corrected chi connectivity index (χ4v) is 4.18. The number of hydrogen-bond acceptors (Lipinski definition) is 1. The van der Waals surface area contributed by atoms with Gasteiger partial charge in [0.1, 0.15) is 5.75 Å². The highest BCUT2D eigenvalue weighted by atomic mass is 16.3. The van der Waals surface area contributed by atoms with Crippen LogP contribution < -0.4 is 0 Å². The van der Waals surface area contributed by atoms with Crippen molar-refractivity contribution in [1.29, 1.82) is 0 Å². The van der Waals surface area contributed by atoms with Gasteiger partial charge in [-0.15, -0.1) is 0 Å². The zero-order valence-electron chi connectivity index (χ0n) is 12.4. The smallest absolute Gasteiger partial charge is 0.123 e. The van der Waals surface area contributed by atoms with Crippen LogP contribution >= 0.6 is 0 Å². The Morgan fingerprint density at radius 2 is 1.86 bits per heavy atom. The van der Waals surface area contributed by atoms with E-state index in [1.807, 2.05) is 6.07 Å². The van der Waals surface area contributed by atoms with E-state index in [0.717, 1.165) is 16.7 Å². The van der Waals surface area contributed by atoms with Crippen LogP contribution in [0.15, 0.2) is 48.0 Å². The molecule has 2 unspecified atom stereocenters. The molecule has 1 N–H and O–H groups in total. The molecule has 2 atom stereocenters. The highest BCUT2D eigenvalue weighted by Gasteiger charge is 2.27. The summed E-state index contributed by atoms with van der Waals surface area (Å²) in [4.78, 5) is 0. The largest absolute Gasteiger partial charge is 0.507 e. The molecule has 2 aliphatic rings. The molecule has 2 aromatic carbocycles. The maximum atomic E-state index is 10.1. The third-order valence-corrected chi connectivity index (χ3v) is 5.39. The normalized spacial score (nSPS) is 25.4. The van der Waals surface area contributed by atoms with Gasteiger partial charge in [-0.05, 0) is 73.4 Å². The van der Waals surface area contributed by atoms with Crippen molar-refractivity contribution < 1.29 is 5.11 Å². The molecule has 0 saturated heterocycles. The van der Waals surface area contributed by atoms with Crippen LogP contribution in [-0.2, 0) is 0 Å². The van der Waals surface area contributed by atoms with Gasteiger partial charge in [0.2, 0.25) is 0 Å². The second-order valence-corrected chi connectivity index (χ2v) is 6.64. The van der Waals surface area contributed by atoms with E-state index in [1.54, 1.807) is 11.6 Å². The SMILES string of the molecule is Oc1cccc2ccc(C3CCC4CCCC=C4C3)cc12. The Morgan fingerprint density at radius 3 is 2.81 bits per heavy atom. The molecule has 1 nitrogen and oxygen atoms in total. The van der Waals surface area contributed by atoms with Crippen LogP contribution in [0.3, 0.4) is 0 Å². The van der Waals surface area contributed by atoms with E-state index >= 15 is 0 Å². The molecule has 0 amide bonds. The first-order valence-electron chi connectivity index (χ1n) is 8.22. The fraction of sp³-hybridized carbons (Fsp3) is 0.400. The predicted octanol–water partition coefficient (Wildman–Crippen LogP) is 5.54. The monoisotopic (exact) mass is 278 g/mol. The van der Waals surface area contributed by atoms with Gasteiger partial charge < -0.3 is 5.11 Å². The van der Waals surface area contributed by atoms with Gasteiger partial charge in [-0.25, -0.2) is 0 Å².